The number of rotatable bonds is 5. The predicted octanol–water partition coefficient (Wildman–Crippen LogP) is 5.96. The summed E-state index contributed by atoms with van der Waals surface area (Å²) >= 11 is 3.67. The van der Waals surface area contributed by atoms with Crippen LogP contribution in [0.3, 0.4) is 0 Å². The van der Waals surface area contributed by atoms with Gasteiger partial charge < -0.3 is 4.74 Å². The van der Waals surface area contributed by atoms with E-state index in [-0.39, 0.29) is 5.01 Å². The summed E-state index contributed by atoms with van der Waals surface area (Å²) in [6.07, 6.45) is 0. The summed E-state index contributed by atoms with van der Waals surface area (Å²) in [5.41, 5.74) is 4.71. The van der Waals surface area contributed by atoms with E-state index >= 15 is 0 Å². The second-order valence-electron chi connectivity index (χ2n) is 5.07. The molecule has 1 nitrogen and oxygen atoms in total. The highest BCUT2D eigenvalue weighted by Crippen LogP contribution is 2.34. The zero-order chi connectivity index (χ0) is 15.2. The molecule has 0 saturated heterocycles. The van der Waals surface area contributed by atoms with E-state index in [0.29, 0.717) is 6.61 Å². The van der Waals surface area contributed by atoms with Crippen molar-refractivity contribution < 1.29 is 4.74 Å². The molecule has 0 amide bonds. The fourth-order valence-corrected chi connectivity index (χ4v) is 2.94. The zero-order valence-electron chi connectivity index (χ0n) is 12.2. The van der Waals surface area contributed by atoms with Gasteiger partial charge in [0.15, 0.2) is 0 Å². The Morgan fingerprint density at radius 1 is 0.727 bits per heavy atom. The first kappa shape index (κ1) is 15.0. The van der Waals surface area contributed by atoms with E-state index in [1.54, 1.807) is 0 Å². The van der Waals surface area contributed by atoms with E-state index < -0.39 is 0 Å². The fourth-order valence-electron chi connectivity index (χ4n) is 2.41. The van der Waals surface area contributed by atoms with Gasteiger partial charge in [-0.2, -0.15) is 0 Å². The van der Waals surface area contributed by atoms with Crippen molar-refractivity contribution in [3.8, 4) is 11.1 Å². The molecule has 0 aliphatic rings. The molecule has 110 valence electrons. The third-order valence-corrected chi connectivity index (χ3v) is 4.29. The normalized spacial score (nSPS) is 12.0. The Kier molecular flexibility index (Phi) is 5.04. The Morgan fingerprint density at radius 3 is 2.05 bits per heavy atom. The van der Waals surface area contributed by atoms with E-state index in [4.69, 9.17) is 4.74 Å². The Labute approximate surface area is 139 Å². The number of hydrogen-bond donors (Lipinski definition) is 0. The van der Waals surface area contributed by atoms with E-state index in [1.807, 2.05) is 30.3 Å². The monoisotopic (exact) mass is 352 g/mol. The van der Waals surface area contributed by atoms with Gasteiger partial charge >= 0.3 is 0 Å². The van der Waals surface area contributed by atoms with E-state index in [9.17, 15) is 0 Å². The first-order valence-corrected chi connectivity index (χ1v) is 8.20. The lowest BCUT2D eigenvalue weighted by molar-refractivity contribution is 0.104. The van der Waals surface area contributed by atoms with Gasteiger partial charge in [-0.1, -0.05) is 101 Å². The highest BCUT2D eigenvalue weighted by Gasteiger charge is 2.13. The van der Waals surface area contributed by atoms with E-state index in [1.165, 1.54) is 16.7 Å². The van der Waals surface area contributed by atoms with Gasteiger partial charge in [-0.05, 0) is 22.3 Å². The summed E-state index contributed by atoms with van der Waals surface area (Å²) in [5.74, 6) is 0. The molecule has 0 N–H and O–H groups in total. The molecule has 2 heteroatoms. The first-order valence-electron chi connectivity index (χ1n) is 7.28. The van der Waals surface area contributed by atoms with Crippen molar-refractivity contribution in [1.82, 2.24) is 0 Å². The van der Waals surface area contributed by atoms with Crippen LogP contribution in [0.4, 0.5) is 0 Å². The lowest BCUT2D eigenvalue weighted by Crippen LogP contribution is -1.99. The van der Waals surface area contributed by atoms with Crippen LogP contribution in [-0.2, 0) is 11.3 Å². The molecule has 1 atom stereocenters. The van der Waals surface area contributed by atoms with Crippen molar-refractivity contribution >= 4 is 15.9 Å². The number of halogens is 1. The van der Waals surface area contributed by atoms with Gasteiger partial charge in [-0.15, -0.1) is 0 Å². The number of benzene rings is 3. The molecule has 0 aromatic heterocycles. The van der Waals surface area contributed by atoms with Gasteiger partial charge in [0.1, 0.15) is 5.01 Å². The topological polar surface area (TPSA) is 9.23 Å². The smallest absolute Gasteiger partial charge is 0.138 e. The molecule has 0 aliphatic heterocycles. The molecule has 0 aliphatic carbocycles. The van der Waals surface area contributed by atoms with Gasteiger partial charge in [-0.3, -0.25) is 0 Å². The molecule has 0 saturated carbocycles. The predicted molar refractivity (Wildman–Crippen MR) is 94.8 cm³/mol. The van der Waals surface area contributed by atoms with Gasteiger partial charge in [0.05, 0.1) is 6.61 Å². The third kappa shape index (κ3) is 3.65. The maximum absolute atomic E-state index is 5.99. The van der Waals surface area contributed by atoms with Gasteiger partial charge in [0.25, 0.3) is 0 Å². The Hall–Kier alpha value is -1.90. The Balaban J connectivity index is 1.80. The summed E-state index contributed by atoms with van der Waals surface area (Å²) < 4.78 is 5.99. The van der Waals surface area contributed by atoms with Crippen LogP contribution in [0.2, 0.25) is 0 Å². The lowest BCUT2D eigenvalue weighted by atomic mass is 10.0. The molecule has 0 bridgehead atoms. The molecule has 3 rings (SSSR count). The van der Waals surface area contributed by atoms with Gasteiger partial charge in [0.2, 0.25) is 0 Å². The standard InChI is InChI=1S/C20H17BrO/c21-20(22-15-16-9-3-1-4-10-16)19-14-8-7-13-18(19)17-11-5-2-6-12-17/h1-14,20H,15H2. The molecule has 3 aromatic carbocycles. The maximum Gasteiger partial charge on any atom is 0.138 e. The van der Waals surface area contributed by atoms with Crippen LogP contribution in [0.1, 0.15) is 16.1 Å². The van der Waals surface area contributed by atoms with Crippen LogP contribution < -0.4 is 0 Å². The molecule has 22 heavy (non-hydrogen) atoms. The quantitative estimate of drug-likeness (QED) is 0.514. The molecular formula is C20H17BrO. The minimum Gasteiger partial charge on any atom is -0.358 e. The lowest BCUT2D eigenvalue weighted by Gasteiger charge is -2.16. The van der Waals surface area contributed by atoms with Crippen LogP contribution >= 0.6 is 15.9 Å². The van der Waals surface area contributed by atoms with Gasteiger partial charge in [0, 0.05) is 0 Å². The minimum atomic E-state index is -0.135. The molecular weight excluding hydrogens is 336 g/mol. The molecule has 0 heterocycles. The van der Waals surface area contributed by atoms with Crippen LogP contribution in [0.5, 0.6) is 0 Å². The molecule has 0 fully saturated rings. The zero-order valence-corrected chi connectivity index (χ0v) is 13.7. The van der Waals surface area contributed by atoms with Crippen molar-refractivity contribution in [2.24, 2.45) is 0 Å². The summed E-state index contributed by atoms with van der Waals surface area (Å²) in [4.78, 5) is 0. The van der Waals surface area contributed by atoms with Crippen LogP contribution in [0.15, 0.2) is 84.9 Å². The van der Waals surface area contributed by atoms with Crippen molar-refractivity contribution in [1.29, 1.82) is 0 Å². The Bertz CT molecular complexity index is 710. The molecule has 0 radical (unpaired) electrons. The summed E-state index contributed by atoms with van der Waals surface area (Å²) in [5, 5.41) is -0.135. The number of hydrogen-bond acceptors (Lipinski definition) is 1. The highest BCUT2D eigenvalue weighted by molar-refractivity contribution is 9.09. The van der Waals surface area contributed by atoms with Crippen LogP contribution in [0, 0.1) is 0 Å². The summed E-state index contributed by atoms with van der Waals surface area (Å²) in [6.45, 7) is 0.583. The van der Waals surface area contributed by atoms with Crippen molar-refractivity contribution in [2.75, 3.05) is 0 Å². The second-order valence-corrected chi connectivity index (χ2v) is 5.90. The number of alkyl halides is 1. The highest BCUT2D eigenvalue weighted by atomic mass is 79.9. The molecule has 0 spiro atoms. The third-order valence-electron chi connectivity index (χ3n) is 3.53. The largest absolute Gasteiger partial charge is 0.358 e. The minimum absolute atomic E-state index is 0.135. The summed E-state index contributed by atoms with van der Waals surface area (Å²) in [7, 11) is 0. The summed E-state index contributed by atoms with van der Waals surface area (Å²) in [6, 6.07) is 28.9. The van der Waals surface area contributed by atoms with E-state index in [0.717, 1.165) is 5.56 Å². The van der Waals surface area contributed by atoms with Crippen molar-refractivity contribution in [3.05, 3.63) is 96.1 Å². The molecule has 3 aromatic rings. The average molecular weight is 353 g/mol. The van der Waals surface area contributed by atoms with Crippen LogP contribution in [0.25, 0.3) is 11.1 Å². The van der Waals surface area contributed by atoms with E-state index in [2.05, 4.69) is 70.5 Å². The fraction of sp³-hybridized carbons (Fsp3) is 0.100. The SMILES string of the molecule is BrC(OCc1ccccc1)c1ccccc1-c1ccccc1. The number of ether oxygens (including phenoxy) is 1. The van der Waals surface area contributed by atoms with Crippen molar-refractivity contribution in [3.63, 3.8) is 0 Å². The molecule has 1 unspecified atom stereocenters. The first-order chi connectivity index (χ1) is 10.8. The average Bonchev–Trinajstić information content (AvgIpc) is 2.61. The maximum atomic E-state index is 5.99. The van der Waals surface area contributed by atoms with Crippen molar-refractivity contribution in [2.45, 2.75) is 11.6 Å². The second kappa shape index (κ2) is 7.39. The van der Waals surface area contributed by atoms with Crippen LogP contribution in [-0.4, -0.2) is 0 Å². The van der Waals surface area contributed by atoms with Gasteiger partial charge in [-0.25, -0.2) is 0 Å². The Morgan fingerprint density at radius 2 is 1.32 bits per heavy atom.